The van der Waals surface area contributed by atoms with Gasteiger partial charge in [-0.15, -0.1) is 0 Å². The number of aliphatic hydroxyl groups is 1. The Labute approximate surface area is 94.6 Å². The first-order valence-corrected chi connectivity index (χ1v) is 5.90. The van der Waals surface area contributed by atoms with Crippen LogP contribution in [0.3, 0.4) is 0 Å². The molecule has 1 atom stereocenters. The van der Waals surface area contributed by atoms with Crippen molar-refractivity contribution in [2.45, 2.75) is 44.2 Å². The number of carbonyl (C=O) groups excluding carboxylic acids is 2. The Morgan fingerprint density at radius 1 is 1.25 bits per heavy atom. The van der Waals surface area contributed by atoms with Gasteiger partial charge in [-0.2, -0.15) is 0 Å². The predicted molar refractivity (Wildman–Crippen MR) is 57.5 cm³/mol. The molecular formula is C11H18N2O3. The molecule has 0 aromatic heterocycles. The van der Waals surface area contributed by atoms with E-state index >= 15 is 0 Å². The summed E-state index contributed by atoms with van der Waals surface area (Å²) in [4.78, 5) is 22.2. The Bertz CT molecular complexity index is 285. The molecule has 5 nitrogen and oxygen atoms in total. The number of nitrogens with one attached hydrogen (secondary N) is 2. The monoisotopic (exact) mass is 226 g/mol. The van der Waals surface area contributed by atoms with Crippen LogP contribution in [0, 0.1) is 5.92 Å². The van der Waals surface area contributed by atoms with Crippen LogP contribution in [0.5, 0.6) is 0 Å². The summed E-state index contributed by atoms with van der Waals surface area (Å²) in [5, 5.41) is 14.8. The topological polar surface area (TPSA) is 78.4 Å². The van der Waals surface area contributed by atoms with Crippen molar-refractivity contribution in [3.8, 4) is 0 Å². The quantitative estimate of drug-likeness (QED) is 0.569. The van der Waals surface area contributed by atoms with E-state index in [0.717, 1.165) is 32.2 Å². The maximum atomic E-state index is 11.3. The van der Waals surface area contributed by atoms with E-state index in [9.17, 15) is 14.7 Å². The third-order valence-corrected chi connectivity index (χ3v) is 3.44. The molecule has 0 bridgehead atoms. The van der Waals surface area contributed by atoms with Gasteiger partial charge in [0.2, 0.25) is 11.8 Å². The molecule has 16 heavy (non-hydrogen) atoms. The minimum absolute atomic E-state index is 0.146. The lowest BCUT2D eigenvalue weighted by molar-refractivity contribution is -0.125. The van der Waals surface area contributed by atoms with Gasteiger partial charge < -0.3 is 10.4 Å². The molecule has 1 saturated heterocycles. The highest BCUT2D eigenvalue weighted by Gasteiger charge is 2.30. The molecule has 5 heteroatoms. The maximum absolute atomic E-state index is 11.3. The van der Waals surface area contributed by atoms with Crippen LogP contribution in [0.4, 0.5) is 0 Å². The summed E-state index contributed by atoms with van der Waals surface area (Å²) in [5.41, 5.74) is 0. The number of amides is 2. The van der Waals surface area contributed by atoms with Crippen LogP contribution in [-0.2, 0) is 9.59 Å². The van der Waals surface area contributed by atoms with E-state index in [1.165, 1.54) is 0 Å². The molecule has 1 aliphatic carbocycles. The molecule has 1 heterocycles. The average molecular weight is 226 g/mol. The van der Waals surface area contributed by atoms with Crippen molar-refractivity contribution >= 4 is 11.8 Å². The summed E-state index contributed by atoms with van der Waals surface area (Å²) in [6.07, 6.45) is 3.80. The minimum Gasteiger partial charge on any atom is -0.393 e. The van der Waals surface area contributed by atoms with E-state index in [2.05, 4.69) is 10.6 Å². The Hall–Kier alpha value is -0.940. The van der Waals surface area contributed by atoms with Gasteiger partial charge in [0.05, 0.1) is 18.6 Å². The first-order valence-electron chi connectivity index (χ1n) is 5.90. The normalized spacial score (nSPS) is 35.2. The van der Waals surface area contributed by atoms with Crippen molar-refractivity contribution < 1.29 is 14.7 Å². The molecule has 0 radical (unpaired) electrons. The molecule has 90 valence electrons. The third kappa shape index (κ3) is 2.80. The van der Waals surface area contributed by atoms with Gasteiger partial charge in [0.25, 0.3) is 0 Å². The molecule has 2 amide bonds. The van der Waals surface area contributed by atoms with E-state index in [-0.39, 0.29) is 30.4 Å². The van der Waals surface area contributed by atoms with Crippen molar-refractivity contribution in [3.63, 3.8) is 0 Å². The second-order valence-corrected chi connectivity index (χ2v) is 4.75. The van der Waals surface area contributed by atoms with Gasteiger partial charge in [-0.25, -0.2) is 0 Å². The molecule has 0 aromatic rings. The van der Waals surface area contributed by atoms with Gasteiger partial charge in [0.1, 0.15) is 0 Å². The van der Waals surface area contributed by atoms with Gasteiger partial charge in [-0.05, 0) is 38.1 Å². The SMILES string of the molecule is O=C1CC(NCC2CCC(O)CC2)C(=O)N1. The van der Waals surface area contributed by atoms with Gasteiger partial charge >= 0.3 is 0 Å². The van der Waals surface area contributed by atoms with E-state index in [1.807, 2.05) is 0 Å². The fraction of sp³-hybridized carbons (Fsp3) is 0.818. The van der Waals surface area contributed by atoms with Crippen molar-refractivity contribution in [1.82, 2.24) is 10.6 Å². The lowest BCUT2D eigenvalue weighted by atomic mass is 9.87. The molecule has 0 spiro atoms. The van der Waals surface area contributed by atoms with Gasteiger partial charge in [-0.3, -0.25) is 14.9 Å². The van der Waals surface area contributed by atoms with Crippen LogP contribution in [0.15, 0.2) is 0 Å². The second kappa shape index (κ2) is 4.93. The van der Waals surface area contributed by atoms with Crippen LogP contribution < -0.4 is 10.6 Å². The fourth-order valence-electron chi connectivity index (χ4n) is 2.38. The predicted octanol–water partition coefficient (Wildman–Crippen LogP) is -0.458. The highest BCUT2D eigenvalue weighted by Crippen LogP contribution is 2.23. The molecule has 2 rings (SSSR count). The smallest absolute Gasteiger partial charge is 0.244 e. The summed E-state index contributed by atoms with van der Waals surface area (Å²) in [7, 11) is 0. The molecule has 2 fully saturated rings. The molecule has 1 aliphatic heterocycles. The minimum atomic E-state index is -0.348. The van der Waals surface area contributed by atoms with Crippen molar-refractivity contribution in [3.05, 3.63) is 0 Å². The Kier molecular flexibility index (Phi) is 3.56. The number of carbonyl (C=O) groups is 2. The average Bonchev–Trinajstić information content (AvgIpc) is 2.57. The molecule has 1 saturated carbocycles. The van der Waals surface area contributed by atoms with Gasteiger partial charge in [-0.1, -0.05) is 0 Å². The zero-order valence-corrected chi connectivity index (χ0v) is 9.24. The fourth-order valence-corrected chi connectivity index (χ4v) is 2.38. The van der Waals surface area contributed by atoms with Crippen LogP contribution in [0.1, 0.15) is 32.1 Å². The molecule has 0 aromatic carbocycles. The first-order chi connectivity index (χ1) is 7.65. The van der Waals surface area contributed by atoms with Crippen molar-refractivity contribution in [1.29, 1.82) is 0 Å². The van der Waals surface area contributed by atoms with Gasteiger partial charge in [0.15, 0.2) is 0 Å². The largest absolute Gasteiger partial charge is 0.393 e. The summed E-state index contributed by atoms with van der Waals surface area (Å²) < 4.78 is 0. The number of rotatable bonds is 3. The molecular weight excluding hydrogens is 208 g/mol. The summed E-state index contributed by atoms with van der Waals surface area (Å²) in [5.74, 6) is 0.120. The van der Waals surface area contributed by atoms with E-state index in [4.69, 9.17) is 0 Å². The van der Waals surface area contributed by atoms with Crippen molar-refractivity contribution in [2.75, 3.05) is 6.54 Å². The summed E-state index contributed by atoms with van der Waals surface area (Å²) in [6, 6.07) is -0.348. The number of imide groups is 1. The maximum Gasteiger partial charge on any atom is 0.244 e. The van der Waals surface area contributed by atoms with E-state index in [1.54, 1.807) is 0 Å². The van der Waals surface area contributed by atoms with Crippen LogP contribution >= 0.6 is 0 Å². The summed E-state index contributed by atoms with van der Waals surface area (Å²) >= 11 is 0. The van der Waals surface area contributed by atoms with Gasteiger partial charge in [0, 0.05) is 0 Å². The lowest BCUT2D eigenvalue weighted by Crippen LogP contribution is -2.39. The lowest BCUT2D eigenvalue weighted by Gasteiger charge is -2.26. The first kappa shape index (κ1) is 11.5. The van der Waals surface area contributed by atoms with E-state index in [0.29, 0.717) is 5.92 Å². The number of hydrogen-bond donors (Lipinski definition) is 3. The number of aliphatic hydroxyl groups excluding tert-OH is 1. The van der Waals surface area contributed by atoms with Crippen LogP contribution in [0.2, 0.25) is 0 Å². The zero-order valence-electron chi connectivity index (χ0n) is 9.24. The van der Waals surface area contributed by atoms with Crippen LogP contribution in [0.25, 0.3) is 0 Å². The Morgan fingerprint density at radius 2 is 1.94 bits per heavy atom. The Balaban J connectivity index is 1.71. The highest BCUT2D eigenvalue weighted by molar-refractivity contribution is 6.05. The molecule has 2 aliphatic rings. The zero-order chi connectivity index (χ0) is 11.5. The third-order valence-electron chi connectivity index (χ3n) is 3.44. The molecule has 1 unspecified atom stereocenters. The standard InChI is InChI=1S/C11H18N2O3/c14-8-3-1-7(2-4-8)6-12-9-5-10(15)13-11(9)16/h7-9,12,14H,1-6H2,(H,13,15,16). The van der Waals surface area contributed by atoms with E-state index < -0.39 is 0 Å². The van der Waals surface area contributed by atoms with Crippen LogP contribution in [-0.4, -0.2) is 35.6 Å². The number of hydrogen-bond acceptors (Lipinski definition) is 4. The molecule has 3 N–H and O–H groups in total. The second-order valence-electron chi connectivity index (χ2n) is 4.75. The highest BCUT2D eigenvalue weighted by atomic mass is 16.3. The summed E-state index contributed by atoms with van der Waals surface area (Å²) in [6.45, 7) is 0.762. The van der Waals surface area contributed by atoms with Crippen molar-refractivity contribution in [2.24, 2.45) is 5.92 Å². The Morgan fingerprint density at radius 3 is 2.50 bits per heavy atom.